The Labute approximate surface area is 90.6 Å². The molecule has 88 valence electrons. The van der Waals surface area contributed by atoms with Gasteiger partial charge in [-0.2, -0.15) is 0 Å². The van der Waals surface area contributed by atoms with Gasteiger partial charge >= 0.3 is 0 Å². The van der Waals surface area contributed by atoms with Crippen molar-refractivity contribution in [1.82, 2.24) is 10.2 Å². The zero-order valence-corrected chi connectivity index (χ0v) is 9.28. The zero-order valence-electron chi connectivity index (χ0n) is 9.28. The van der Waals surface area contributed by atoms with Crippen LogP contribution in [-0.2, 0) is 4.79 Å². The van der Waals surface area contributed by atoms with E-state index in [4.69, 9.17) is 5.73 Å². The fourth-order valence-electron chi connectivity index (χ4n) is 1.89. The van der Waals surface area contributed by atoms with Crippen molar-refractivity contribution in [2.45, 2.75) is 31.4 Å². The van der Waals surface area contributed by atoms with E-state index in [0.717, 1.165) is 13.1 Å². The molecule has 4 N–H and O–H groups in total. The summed E-state index contributed by atoms with van der Waals surface area (Å²) in [4.78, 5) is 12.9. The number of likely N-dealkylation sites (tertiary alicyclic amines) is 1. The summed E-state index contributed by atoms with van der Waals surface area (Å²) < 4.78 is 0. The first-order chi connectivity index (χ1) is 7.11. The Balaban J connectivity index is 2.16. The largest absolute Gasteiger partial charge is 0.382 e. The highest BCUT2D eigenvalue weighted by atomic mass is 16.3. The van der Waals surface area contributed by atoms with Gasteiger partial charge in [0.15, 0.2) is 0 Å². The van der Waals surface area contributed by atoms with E-state index in [-0.39, 0.29) is 6.54 Å². The van der Waals surface area contributed by atoms with Crippen LogP contribution in [0.3, 0.4) is 0 Å². The first kappa shape index (κ1) is 12.4. The molecule has 1 saturated heterocycles. The molecular formula is C10H21N3O2. The maximum Gasteiger partial charge on any atom is 0.247 e. The average molecular weight is 215 g/mol. The summed E-state index contributed by atoms with van der Waals surface area (Å²) in [6, 6.07) is 0.513. The van der Waals surface area contributed by atoms with Gasteiger partial charge in [0.05, 0.1) is 0 Å². The van der Waals surface area contributed by atoms with Gasteiger partial charge in [-0.05, 0) is 26.4 Å². The van der Waals surface area contributed by atoms with E-state index in [9.17, 15) is 9.90 Å². The molecule has 0 aromatic carbocycles. The van der Waals surface area contributed by atoms with Crippen molar-refractivity contribution in [3.8, 4) is 0 Å². The molecule has 1 rings (SSSR count). The number of likely N-dealkylation sites (N-methyl/N-ethyl adjacent to an activating group) is 1. The van der Waals surface area contributed by atoms with Crippen molar-refractivity contribution < 1.29 is 9.90 Å². The Hall–Kier alpha value is -0.650. The predicted octanol–water partition coefficient (Wildman–Crippen LogP) is -1.09. The third-order valence-corrected chi connectivity index (χ3v) is 2.97. The Kier molecular flexibility index (Phi) is 5.01. The minimum atomic E-state index is -1.07. The smallest absolute Gasteiger partial charge is 0.247 e. The van der Waals surface area contributed by atoms with E-state index >= 15 is 0 Å². The van der Waals surface area contributed by atoms with Crippen LogP contribution in [0.1, 0.15) is 19.3 Å². The molecule has 2 unspecified atom stereocenters. The van der Waals surface area contributed by atoms with E-state index in [1.807, 2.05) is 0 Å². The van der Waals surface area contributed by atoms with Crippen LogP contribution in [0, 0.1) is 0 Å². The van der Waals surface area contributed by atoms with Crippen LogP contribution in [0.4, 0.5) is 0 Å². The molecule has 0 bridgehead atoms. The molecule has 0 spiro atoms. The molecule has 0 saturated carbocycles. The normalized spacial score (nSPS) is 25.1. The summed E-state index contributed by atoms with van der Waals surface area (Å²) in [6.07, 6.45) is 2.63. The first-order valence-corrected chi connectivity index (χ1v) is 5.49. The van der Waals surface area contributed by atoms with Gasteiger partial charge in [-0.3, -0.25) is 4.79 Å². The highest BCUT2D eigenvalue weighted by Gasteiger charge is 2.19. The monoisotopic (exact) mass is 215 g/mol. The molecule has 1 heterocycles. The van der Waals surface area contributed by atoms with E-state index in [1.54, 1.807) is 0 Å². The molecule has 0 aliphatic carbocycles. The van der Waals surface area contributed by atoms with Crippen molar-refractivity contribution in [3.63, 3.8) is 0 Å². The Morgan fingerprint density at radius 1 is 1.67 bits per heavy atom. The number of carbonyl (C=O) groups excluding carboxylic acids is 1. The lowest BCUT2D eigenvalue weighted by Gasteiger charge is -2.32. The van der Waals surface area contributed by atoms with Crippen LogP contribution >= 0.6 is 0 Å². The number of primary amides is 1. The molecule has 5 heteroatoms. The van der Waals surface area contributed by atoms with Crippen molar-refractivity contribution >= 4 is 5.91 Å². The number of piperidine rings is 1. The number of hydrogen-bond donors (Lipinski definition) is 3. The molecule has 1 aliphatic heterocycles. The molecule has 0 aromatic rings. The second kappa shape index (κ2) is 6.05. The molecule has 0 aromatic heterocycles. The summed E-state index contributed by atoms with van der Waals surface area (Å²) in [7, 11) is 2.11. The Morgan fingerprint density at radius 2 is 2.40 bits per heavy atom. The van der Waals surface area contributed by atoms with E-state index in [0.29, 0.717) is 6.04 Å². The minimum Gasteiger partial charge on any atom is -0.382 e. The van der Waals surface area contributed by atoms with Crippen LogP contribution < -0.4 is 11.1 Å². The molecule has 0 radical (unpaired) electrons. The van der Waals surface area contributed by atoms with Crippen molar-refractivity contribution in [3.05, 3.63) is 0 Å². The number of nitrogens with zero attached hydrogens (tertiary/aromatic N) is 1. The predicted molar refractivity (Wildman–Crippen MR) is 58.3 cm³/mol. The summed E-state index contributed by atoms with van der Waals surface area (Å²) in [5.41, 5.74) is 4.94. The third-order valence-electron chi connectivity index (χ3n) is 2.97. The van der Waals surface area contributed by atoms with Gasteiger partial charge in [0.25, 0.3) is 0 Å². The lowest BCUT2D eigenvalue weighted by atomic mass is 10.0. The third kappa shape index (κ3) is 4.15. The van der Waals surface area contributed by atoms with Crippen molar-refractivity contribution in [2.75, 3.05) is 26.7 Å². The number of hydrogen-bond acceptors (Lipinski definition) is 4. The van der Waals surface area contributed by atoms with Crippen LogP contribution in [-0.4, -0.2) is 54.7 Å². The summed E-state index contributed by atoms with van der Waals surface area (Å²) in [5.74, 6) is -0.667. The van der Waals surface area contributed by atoms with E-state index in [1.165, 1.54) is 19.3 Å². The number of rotatable bonds is 5. The highest BCUT2D eigenvalue weighted by molar-refractivity contribution is 5.78. The number of carbonyl (C=O) groups is 1. The number of nitrogens with two attached hydrogens (primary N) is 1. The fourth-order valence-corrected chi connectivity index (χ4v) is 1.89. The maximum absolute atomic E-state index is 10.6. The second-order valence-electron chi connectivity index (χ2n) is 4.21. The summed E-state index contributed by atoms with van der Waals surface area (Å²) in [6.45, 7) is 2.19. The van der Waals surface area contributed by atoms with Crippen molar-refractivity contribution in [2.24, 2.45) is 5.73 Å². The topological polar surface area (TPSA) is 78.6 Å². The number of amides is 1. The van der Waals surface area contributed by atoms with Gasteiger partial charge in [-0.25, -0.2) is 0 Å². The second-order valence-corrected chi connectivity index (χ2v) is 4.21. The molecule has 1 amide bonds. The first-order valence-electron chi connectivity index (χ1n) is 5.49. The summed E-state index contributed by atoms with van der Waals surface area (Å²) in [5, 5.41) is 12.2. The molecular weight excluding hydrogens is 194 g/mol. The van der Waals surface area contributed by atoms with Gasteiger partial charge in [0.2, 0.25) is 5.91 Å². The van der Waals surface area contributed by atoms with Crippen LogP contribution in [0.2, 0.25) is 0 Å². The van der Waals surface area contributed by atoms with Gasteiger partial charge < -0.3 is 21.1 Å². The standard InChI is InChI=1S/C10H21N3O2/c1-13-5-3-2-4-8(13)6-12-7-9(14)10(11)15/h8-9,12,14H,2-7H2,1H3,(H2,11,15). The Bertz CT molecular complexity index is 211. The maximum atomic E-state index is 10.6. The summed E-state index contributed by atoms with van der Waals surface area (Å²) >= 11 is 0. The van der Waals surface area contributed by atoms with Crippen molar-refractivity contribution in [1.29, 1.82) is 0 Å². The van der Waals surface area contributed by atoms with Crippen LogP contribution in [0.25, 0.3) is 0 Å². The van der Waals surface area contributed by atoms with E-state index in [2.05, 4.69) is 17.3 Å². The molecule has 1 fully saturated rings. The SMILES string of the molecule is CN1CCCCC1CNCC(O)C(N)=O. The molecule has 15 heavy (non-hydrogen) atoms. The average Bonchev–Trinajstić information content (AvgIpc) is 2.20. The van der Waals surface area contributed by atoms with Gasteiger partial charge in [0.1, 0.15) is 6.10 Å². The number of aliphatic hydroxyl groups is 1. The van der Waals surface area contributed by atoms with Crippen LogP contribution in [0.5, 0.6) is 0 Å². The zero-order chi connectivity index (χ0) is 11.3. The fraction of sp³-hybridized carbons (Fsp3) is 0.900. The van der Waals surface area contributed by atoms with Gasteiger partial charge in [-0.15, -0.1) is 0 Å². The van der Waals surface area contributed by atoms with Crippen LogP contribution in [0.15, 0.2) is 0 Å². The van der Waals surface area contributed by atoms with E-state index < -0.39 is 12.0 Å². The quantitative estimate of drug-likeness (QED) is 0.544. The lowest BCUT2D eigenvalue weighted by molar-refractivity contribution is -0.125. The number of aliphatic hydroxyl groups excluding tert-OH is 1. The number of nitrogens with one attached hydrogen (secondary N) is 1. The molecule has 5 nitrogen and oxygen atoms in total. The minimum absolute atomic E-state index is 0.250. The lowest BCUT2D eigenvalue weighted by Crippen LogP contribution is -2.46. The Morgan fingerprint density at radius 3 is 3.00 bits per heavy atom. The van der Waals surface area contributed by atoms with Gasteiger partial charge in [-0.1, -0.05) is 6.42 Å². The molecule has 1 aliphatic rings. The highest BCUT2D eigenvalue weighted by Crippen LogP contribution is 2.13. The van der Waals surface area contributed by atoms with Gasteiger partial charge in [0, 0.05) is 19.1 Å². The molecule has 2 atom stereocenters.